The third kappa shape index (κ3) is 4.64. The lowest BCUT2D eigenvalue weighted by molar-refractivity contribution is -0.121. The van der Waals surface area contributed by atoms with Crippen LogP contribution in [0.1, 0.15) is 18.1 Å². The van der Waals surface area contributed by atoms with E-state index in [0.717, 1.165) is 15.6 Å². The summed E-state index contributed by atoms with van der Waals surface area (Å²) in [4.78, 5) is 11.9. The van der Waals surface area contributed by atoms with Gasteiger partial charge in [-0.25, -0.2) is 4.39 Å². The molecule has 0 radical (unpaired) electrons. The molecule has 0 spiro atoms. The van der Waals surface area contributed by atoms with Gasteiger partial charge in [0.1, 0.15) is 11.4 Å². The number of carbonyl (C=O) groups excluding carboxylic acids is 1. The van der Waals surface area contributed by atoms with Crippen LogP contribution in [0, 0.1) is 5.82 Å². The molecular weight excluding hydrogens is 349 g/mol. The highest BCUT2D eigenvalue weighted by Crippen LogP contribution is 2.21. The first-order valence-corrected chi connectivity index (χ1v) is 7.66. The van der Waals surface area contributed by atoms with E-state index in [4.69, 9.17) is 0 Å². The van der Waals surface area contributed by atoms with Crippen LogP contribution in [0.3, 0.4) is 0 Å². The van der Waals surface area contributed by atoms with Crippen molar-refractivity contribution in [1.29, 1.82) is 0 Å². The molecule has 0 aliphatic carbocycles. The van der Waals surface area contributed by atoms with E-state index in [-0.39, 0.29) is 24.7 Å². The van der Waals surface area contributed by atoms with Crippen molar-refractivity contribution in [3.8, 4) is 0 Å². The molecule has 0 saturated carbocycles. The van der Waals surface area contributed by atoms with Gasteiger partial charge in [-0.3, -0.25) is 4.79 Å². The van der Waals surface area contributed by atoms with Crippen LogP contribution in [-0.4, -0.2) is 17.6 Å². The lowest BCUT2D eigenvalue weighted by Crippen LogP contribution is -2.39. The first kappa shape index (κ1) is 16.6. The number of aliphatic hydroxyl groups is 1. The Labute approximate surface area is 137 Å². The van der Waals surface area contributed by atoms with Gasteiger partial charge >= 0.3 is 0 Å². The van der Waals surface area contributed by atoms with Crippen LogP contribution >= 0.6 is 15.9 Å². The number of benzene rings is 2. The van der Waals surface area contributed by atoms with Gasteiger partial charge in [-0.05, 0) is 42.3 Å². The summed E-state index contributed by atoms with van der Waals surface area (Å²) in [6.45, 7) is 1.75. The van der Waals surface area contributed by atoms with Gasteiger partial charge < -0.3 is 10.4 Å². The van der Waals surface area contributed by atoms with Crippen molar-refractivity contribution in [3.05, 3.63) is 69.9 Å². The van der Waals surface area contributed by atoms with Gasteiger partial charge in [0.15, 0.2) is 0 Å². The van der Waals surface area contributed by atoms with Crippen LogP contribution in [0.15, 0.2) is 53.0 Å². The van der Waals surface area contributed by atoms with Gasteiger partial charge in [0, 0.05) is 4.47 Å². The molecule has 2 aromatic rings. The predicted molar refractivity (Wildman–Crippen MR) is 86.8 cm³/mol. The molecular formula is C17H17BrFNO2. The highest BCUT2D eigenvalue weighted by atomic mass is 79.9. The van der Waals surface area contributed by atoms with Crippen LogP contribution in [0.5, 0.6) is 0 Å². The first-order chi connectivity index (χ1) is 10.4. The average Bonchev–Trinajstić information content (AvgIpc) is 2.48. The van der Waals surface area contributed by atoms with Gasteiger partial charge in [0.05, 0.1) is 13.0 Å². The van der Waals surface area contributed by atoms with Crippen molar-refractivity contribution in [2.24, 2.45) is 0 Å². The molecule has 1 unspecified atom stereocenters. The van der Waals surface area contributed by atoms with E-state index in [1.165, 1.54) is 12.1 Å². The molecule has 1 atom stereocenters. The van der Waals surface area contributed by atoms with Crippen molar-refractivity contribution in [1.82, 2.24) is 5.32 Å². The Balaban J connectivity index is 1.92. The smallest absolute Gasteiger partial charge is 0.224 e. The summed E-state index contributed by atoms with van der Waals surface area (Å²) in [7, 11) is 0. The van der Waals surface area contributed by atoms with Gasteiger partial charge in [-0.1, -0.05) is 40.2 Å². The maximum absolute atomic E-state index is 12.8. The molecule has 5 heteroatoms. The van der Waals surface area contributed by atoms with Crippen LogP contribution in [0.2, 0.25) is 0 Å². The zero-order valence-electron chi connectivity index (χ0n) is 12.1. The molecule has 3 nitrogen and oxygen atoms in total. The molecule has 2 aromatic carbocycles. The summed E-state index contributed by atoms with van der Waals surface area (Å²) in [6, 6.07) is 13.1. The van der Waals surface area contributed by atoms with E-state index in [1.54, 1.807) is 31.2 Å². The van der Waals surface area contributed by atoms with E-state index in [1.807, 2.05) is 12.1 Å². The minimum Gasteiger partial charge on any atom is -0.384 e. The van der Waals surface area contributed by atoms with E-state index < -0.39 is 5.60 Å². The molecule has 116 valence electrons. The fraction of sp³-hybridized carbons (Fsp3) is 0.235. The molecule has 0 aliphatic heterocycles. The van der Waals surface area contributed by atoms with Crippen LogP contribution < -0.4 is 5.32 Å². The quantitative estimate of drug-likeness (QED) is 0.854. The van der Waals surface area contributed by atoms with Gasteiger partial charge in [-0.2, -0.15) is 0 Å². The fourth-order valence-corrected chi connectivity index (χ4v) is 2.30. The SMILES string of the molecule is CC(O)(CNC(=O)Cc1ccc(F)cc1)c1ccc(Br)cc1. The Kier molecular flexibility index (Phi) is 5.32. The average molecular weight is 366 g/mol. The second kappa shape index (κ2) is 7.03. The largest absolute Gasteiger partial charge is 0.384 e. The maximum atomic E-state index is 12.8. The Bertz CT molecular complexity index is 639. The molecule has 0 fully saturated rings. The number of halogens is 2. The van der Waals surface area contributed by atoms with Gasteiger partial charge in [0.2, 0.25) is 5.91 Å². The minimum absolute atomic E-state index is 0.106. The summed E-state index contributed by atoms with van der Waals surface area (Å²) >= 11 is 3.34. The zero-order valence-corrected chi connectivity index (χ0v) is 13.7. The van der Waals surface area contributed by atoms with E-state index in [0.29, 0.717) is 0 Å². The molecule has 1 amide bonds. The first-order valence-electron chi connectivity index (χ1n) is 6.86. The fourth-order valence-electron chi connectivity index (χ4n) is 2.03. The molecule has 2 rings (SSSR count). The minimum atomic E-state index is -1.15. The zero-order chi connectivity index (χ0) is 16.2. The number of carbonyl (C=O) groups is 1. The highest BCUT2D eigenvalue weighted by molar-refractivity contribution is 9.10. The lowest BCUT2D eigenvalue weighted by Gasteiger charge is -2.24. The predicted octanol–water partition coefficient (Wildman–Crippen LogP) is 3.15. The molecule has 0 aliphatic rings. The Morgan fingerprint density at radius 2 is 1.77 bits per heavy atom. The van der Waals surface area contributed by atoms with E-state index >= 15 is 0 Å². The van der Waals surface area contributed by atoms with Crippen LogP contribution in [-0.2, 0) is 16.8 Å². The Morgan fingerprint density at radius 3 is 2.36 bits per heavy atom. The number of amides is 1. The monoisotopic (exact) mass is 365 g/mol. The molecule has 0 heterocycles. The Hall–Kier alpha value is -1.72. The summed E-state index contributed by atoms with van der Waals surface area (Å²) in [5.41, 5.74) is 0.291. The van der Waals surface area contributed by atoms with Gasteiger partial charge in [0.25, 0.3) is 0 Å². The normalized spacial score (nSPS) is 13.5. The molecule has 0 bridgehead atoms. The van der Waals surface area contributed by atoms with Crippen LogP contribution in [0.4, 0.5) is 4.39 Å². The van der Waals surface area contributed by atoms with Gasteiger partial charge in [-0.15, -0.1) is 0 Å². The third-order valence-corrected chi connectivity index (χ3v) is 3.90. The Morgan fingerprint density at radius 1 is 1.18 bits per heavy atom. The van der Waals surface area contributed by atoms with Crippen molar-refractivity contribution in [3.63, 3.8) is 0 Å². The number of rotatable bonds is 5. The summed E-state index contributed by atoms with van der Waals surface area (Å²) in [5.74, 6) is -0.550. The van der Waals surface area contributed by atoms with Crippen molar-refractivity contribution >= 4 is 21.8 Å². The van der Waals surface area contributed by atoms with Crippen molar-refractivity contribution < 1.29 is 14.3 Å². The molecule has 0 aromatic heterocycles. The summed E-state index contributed by atoms with van der Waals surface area (Å²) in [5, 5.41) is 13.2. The topological polar surface area (TPSA) is 49.3 Å². The number of hydrogen-bond donors (Lipinski definition) is 2. The van der Waals surface area contributed by atoms with Crippen molar-refractivity contribution in [2.45, 2.75) is 18.9 Å². The van der Waals surface area contributed by atoms with E-state index in [2.05, 4.69) is 21.2 Å². The standard InChI is InChI=1S/C17H17BrFNO2/c1-17(22,13-4-6-14(18)7-5-13)11-20-16(21)10-12-2-8-15(19)9-3-12/h2-9,22H,10-11H2,1H3,(H,20,21). The second-order valence-corrected chi connectivity index (χ2v) is 6.28. The number of hydrogen-bond acceptors (Lipinski definition) is 2. The molecule has 0 saturated heterocycles. The molecule has 2 N–H and O–H groups in total. The lowest BCUT2D eigenvalue weighted by atomic mass is 9.96. The maximum Gasteiger partial charge on any atom is 0.224 e. The summed E-state index contributed by atoms with van der Waals surface area (Å²) in [6.07, 6.45) is 0.150. The third-order valence-electron chi connectivity index (χ3n) is 3.37. The van der Waals surface area contributed by atoms with Crippen molar-refractivity contribution in [2.75, 3.05) is 6.54 Å². The second-order valence-electron chi connectivity index (χ2n) is 5.36. The van der Waals surface area contributed by atoms with Crippen LogP contribution in [0.25, 0.3) is 0 Å². The number of nitrogens with one attached hydrogen (secondary N) is 1. The van der Waals surface area contributed by atoms with E-state index in [9.17, 15) is 14.3 Å². The molecule has 22 heavy (non-hydrogen) atoms. The summed E-state index contributed by atoms with van der Waals surface area (Å²) < 4.78 is 13.7. The highest BCUT2D eigenvalue weighted by Gasteiger charge is 2.23.